The van der Waals surface area contributed by atoms with Gasteiger partial charge in [0.05, 0.1) is 6.07 Å². The van der Waals surface area contributed by atoms with Gasteiger partial charge in [0.15, 0.2) is 5.78 Å². The lowest BCUT2D eigenvalue weighted by Gasteiger charge is -2.24. The number of hydrogen-bond acceptors (Lipinski definition) is 3. The Hall–Kier alpha value is -1.66. The maximum Gasteiger partial charge on any atom is 0.185 e. The molecular formula is C15H17NO2. The molecule has 1 heterocycles. The van der Waals surface area contributed by atoms with Crippen molar-refractivity contribution in [3.8, 4) is 6.07 Å². The second-order valence-electron chi connectivity index (χ2n) is 5.02. The molecule has 1 aromatic carbocycles. The molecule has 94 valence electrons. The van der Waals surface area contributed by atoms with Gasteiger partial charge in [0.25, 0.3) is 0 Å². The molecule has 1 saturated heterocycles. The number of carbonyl (C=O) groups is 1. The number of Topliss-reactive ketones (excluding diaryl/α,β-unsaturated/α-hetero) is 1. The van der Waals surface area contributed by atoms with Gasteiger partial charge in [0.1, 0.15) is 11.5 Å². The molecule has 2 atom stereocenters. The first-order chi connectivity index (χ1) is 8.57. The summed E-state index contributed by atoms with van der Waals surface area (Å²) < 4.78 is 5.54. The number of carbonyl (C=O) groups excluding carboxylic acids is 1. The monoisotopic (exact) mass is 243 g/mol. The van der Waals surface area contributed by atoms with Crippen molar-refractivity contribution in [1.29, 1.82) is 5.26 Å². The standard InChI is InChI=1S/C15H17NO2/c1-11-5-3-6-12(9-11)13(10-16)14(17)15(2)7-4-8-18-15/h3,5-6,9,13H,4,7-8H2,1-2H3. The van der Waals surface area contributed by atoms with Crippen LogP contribution >= 0.6 is 0 Å². The zero-order valence-corrected chi connectivity index (χ0v) is 10.8. The summed E-state index contributed by atoms with van der Waals surface area (Å²) in [6, 6.07) is 9.67. The molecule has 0 N–H and O–H groups in total. The topological polar surface area (TPSA) is 50.1 Å². The Labute approximate surface area is 107 Å². The van der Waals surface area contributed by atoms with Crippen molar-refractivity contribution >= 4 is 5.78 Å². The SMILES string of the molecule is Cc1cccc(C(C#N)C(=O)C2(C)CCCO2)c1. The minimum atomic E-state index is -0.788. The maximum atomic E-state index is 12.5. The highest BCUT2D eigenvalue weighted by Gasteiger charge is 2.42. The molecule has 0 amide bonds. The van der Waals surface area contributed by atoms with E-state index in [2.05, 4.69) is 6.07 Å². The summed E-state index contributed by atoms with van der Waals surface area (Å²) in [5.74, 6) is -0.846. The van der Waals surface area contributed by atoms with E-state index in [1.165, 1.54) is 0 Å². The average Bonchev–Trinajstić information content (AvgIpc) is 2.78. The van der Waals surface area contributed by atoms with E-state index in [0.717, 1.165) is 17.5 Å². The maximum absolute atomic E-state index is 12.5. The van der Waals surface area contributed by atoms with E-state index in [-0.39, 0.29) is 5.78 Å². The zero-order valence-electron chi connectivity index (χ0n) is 10.8. The van der Waals surface area contributed by atoms with E-state index in [1.54, 1.807) is 6.92 Å². The molecule has 2 rings (SSSR count). The molecule has 18 heavy (non-hydrogen) atoms. The third kappa shape index (κ3) is 2.30. The fourth-order valence-electron chi connectivity index (χ4n) is 2.41. The van der Waals surface area contributed by atoms with E-state index in [9.17, 15) is 10.1 Å². The van der Waals surface area contributed by atoms with E-state index >= 15 is 0 Å². The Bertz CT molecular complexity index is 495. The molecule has 0 saturated carbocycles. The number of ketones is 1. The van der Waals surface area contributed by atoms with Crippen LogP contribution in [0.15, 0.2) is 24.3 Å². The van der Waals surface area contributed by atoms with Crippen molar-refractivity contribution in [3.63, 3.8) is 0 Å². The Morgan fingerprint density at radius 1 is 1.56 bits per heavy atom. The molecule has 3 nitrogen and oxygen atoms in total. The van der Waals surface area contributed by atoms with Crippen LogP contribution in [-0.2, 0) is 9.53 Å². The molecule has 1 aliphatic heterocycles. The number of benzene rings is 1. The van der Waals surface area contributed by atoms with Crippen LogP contribution in [-0.4, -0.2) is 18.0 Å². The summed E-state index contributed by atoms with van der Waals surface area (Å²) in [4.78, 5) is 12.5. The van der Waals surface area contributed by atoms with Crippen LogP contribution in [0.4, 0.5) is 0 Å². The molecule has 1 fully saturated rings. The largest absolute Gasteiger partial charge is 0.367 e. The van der Waals surface area contributed by atoms with Gasteiger partial charge in [-0.05, 0) is 32.3 Å². The van der Waals surface area contributed by atoms with E-state index in [4.69, 9.17) is 4.74 Å². The van der Waals surface area contributed by atoms with Gasteiger partial charge in [-0.2, -0.15) is 5.26 Å². The predicted molar refractivity (Wildman–Crippen MR) is 68.1 cm³/mol. The molecule has 1 aliphatic rings. The third-order valence-electron chi connectivity index (χ3n) is 3.51. The number of rotatable bonds is 3. The Morgan fingerprint density at radius 2 is 2.33 bits per heavy atom. The van der Waals surface area contributed by atoms with Crippen LogP contribution < -0.4 is 0 Å². The number of aryl methyl sites for hydroxylation is 1. The van der Waals surface area contributed by atoms with Crippen LogP contribution in [0.3, 0.4) is 0 Å². The summed E-state index contributed by atoms with van der Waals surface area (Å²) in [7, 11) is 0. The quantitative estimate of drug-likeness (QED) is 0.820. The Morgan fingerprint density at radius 3 is 2.89 bits per heavy atom. The number of nitriles is 1. The lowest BCUT2D eigenvalue weighted by molar-refractivity contribution is -0.137. The minimum Gasteiger partial charge on any atom is -0.367 e. The van der Waals surface area contributed by atoms with Crippen LogP contribution in [0.5, 0.6) is 0 Å². The van der Waals surface area contributed by atoms with Crippen molar-refractivity contribution < 1.29 is 9.53 Å². The predicted octanol–water partition coefficient (Wildman–Crippen LogP) is 2.74. The fraction of sp³-hybridized carbons (Fsp3) is 0.467. The van der Waals surface area contributed by atoms with Gasteiger partial charge in [-0.1, -0.05) is 29.8 Å². The third-order valence-corrected chi connectivity index (χ3v) is 3.51. The van der Waals surface area contributed by atoms with Gasteiger partial charge in [-0.25, -0.2) is 0 Å². The molecule has 3 heteroatoms. The summed E-state index contributed by atoms with van der Waals surface area (Å²) in [6.45, 7) is 4.35. The molecule has 0 radical (unpaired) electrons. The van der Waals surface area contributed by atoms with E-state index < -0.39 is 11.5 Å². The molecule has 1 aromatic rings. The van der Waals surface area contributed by atoms with Crippen LogP contribution in [0.2, 0.25) is 0 Å². The summed E-state index contributed by atoms with van der Waals surface area (Å²) in [5, 5.41) is 9.29. The zero-order chi connectivity index (χ0) is 13.2. The smallest absolute Gasteiger partial charge is 0.185 e. The van der Waals surface area contributed by atoms with Crippen molar-refractivity contribution in [3.05, 3.63) is 35.4 Å². The molecular weight excluding hydrogens is 226 g/mol. The first-order valence-electron chi connectivity index (χ1n) is 6.21. The minimum absolute atomic E-state index is 0.117. The molecule has 0 spiro atoms. The molecule has 2 unspecified atom stereocenters. The van der Waals surface area contributed by atoms with Gasteiger partial charge in [-0.15, -0.1) is 0 Å². The van der Waals surface area contributed by atoms with E-state index in [1.807, 2.05) is 31.2 Å². The van der Waals surface area contributed by atoms with Crippen LogP contribution in [0, 0.1) is 18.3 Å². The van der Waals surface area contributed by atoms with Gasteiger partial charge < -0.3 is 4.74 Å². The lowest BCUT2D eigenvalue weighted by Crippen LogP contribution is -2.37. The molecule has 0 bridgehead atoms. The average molecular weight is 243 g/mol. The first kappa shape index (κ1) is 12.8. The normalized spacial score (nSPS) is 24.5. The summed E-state index contributed by atoms with van der Waals surface area (Å²) >= 11 is 0. The van der Waals surface area contributed by atoms with Gasteiger partial charge in [-0.3, -0.25) is 4.79 Å². The highest BCUT2D eigenvalue weighted by atomic mass is 16.5. The number of hydrogen-bond donors (Lipinski definition) is 0. The second kappa shape index (κ2) is 4.91. The van der Waals surface area contributed by atoms with Crippen LogP contribution in [0.25, 0.3) is 0 Å². The highest BCUT2D eigenvalue weighted by Crippen LogP contribution is 2.32. The number of nitrogens with zero attached hydrogens (tertiary/aromatic N) is 1. The van der Waals surface area contributed by atoms with Gasteiger partial charge >= 0.3 is 0 Å². The van der Waals surface area contributed by atoms with Gasteiger partial charge in [0, 0.05) is 6.61 Å². The summed E-state index contributed by atoms with van der Waals surface area (Å²) in [5.41, 5.74) is 1.03. The van der Waals surface area contributed by atoms with Crippen molar-refractivity contribution in [2.45, 2.75) is 38.2 Å². The second-order valence-corrected chi connectivity index (χ2v) is 5.02. The Kier molecular flexibility index (Phi) is 3.49. The lowest BCUT2D eigenvalue weighted by atomic mass is 9.84. The highest BCUT2D eigenvalue weighted by molar-refractivity contribution is 5.95. The number of ether oxygens (including phenoxy) is 1. The fourth-order valence-corrected chi connectivity index (χ4v) is 2.41. The van der Waals surface area contributed by atoms with Crippen molar-refractivity contribution in [1.82, 2.24) is 0 Å². The van der Waals surface area contributed by atoms with E-state index in [0.29, 0.717) is 13.0 Å². The summed E-state index contributed by atoms with van der Waals surface area (Å²) in [6.07, 6.45) is 1.59. The van der Waals surface area contributed by atoms with Crippen LogP contribution in [0.1, 0.15) is 36.8 Å². The van der Waals surface area contributed by atoms with Crippen molar-refractivity contribution in [2.75, 3.05) is 6.61 Å². The molecule has 0 aromatic heterocycles. The molecule has 0 aliphatic carbocycles. The first-order valence-corrected chi connectivity index (χ1v) is 6.21. The van der Waals surface area contributed by atoms with Gasteiger partial charge in [0.2, 0.25) is 0 Å². The van der Waals surface area contributed by atoms with Crippen molar-refractivity contribution in [2.24, 2.45) is 0 Å². The Balaban J connectivity index is 2.29.